The second-order valence-electron chi connectivity index (χ2n) is 5.23. The topological polar surface area (TPSA) is 12.0 Å². The van der Waals surface area contributed by atoms with Gasteiger partial charge in [0.2, 0.25) is 0 Å². The zero-order chi connectivity index (χ0) is 13.5. The predicted octanol–water partition coefficient (Wildman–Crippen LogP) is 4.17. The van der Waals surface area contributed by atoms with Crippen molar-refractivity contribution in [1.82, 2.24) is 5.32 Å². The fourth-order valence-corrected chi connectivity index (χ4v) is 1.96. The standard InChI is InChI=1S/C16H24FN/c1-12(2)11-18-9-5-6-13(3)16-8-7-15(17)10-14(16)4/h6-8,10,12,18H,5,9,11H2,1-4H3. The highest BCUT2D eigenvalue weighted by Crippen LogP contribution is 2.19. The molecule has 2 heteroatoms. The van der Waals surface area contributed by atoms with Gasteiger partial charge in [0.05, 0.1) is 0 Å². The smallest absolute Gasteiger partial charge is 0.123 e. The van der Waals surface area contributed by atoms with Crippen molar-refractivity contribution >= 4 is 5.57 Å². The number of allylic oxidation sites excluding steroid dienone is 1. The molecule has 0 atom stereocenters. The van der Waals surface area contributed by atoms with Crippen LogP contribution in [0.25, 0.3) is 5.57 Å². The lowest BCUT2D eigenvalue weighted by Crippen LogP contribution is -2.20. The molecule has 0 saturated heterocycles. The molecule has 1 rings (SSSR count). The van der Waals surface area contributed by atoms with Crippen molar-refractivity contribution in [2.45, 2.75) is 34.1 Å². The van der Waals surface area contributed by atoms with Gasteiger partial charge in [-0.3, -0.25) is 0 Å². The van der Waals surface area contributed by atoms with Gasteiger partial charge in [0, 0.05) is 0 Å². The Morgan fingerprint density at radius 2 is 2.11 bits per heavy atom. The molecule has 100 valence electrons. The summed E-state index contributed by atoms with van der Waals surface area (Å²) < 4.78 is 13.0. The molecule has 1 aromatic carbocycles. The van der Waals surface area contributed by atoms with Crippen LogP contribution in [-0.2, 0) is 0 Å². The Morgan fingerprint density at radius 1 is 1.39 bits per heavy atom. The average Bonchev–Trinajstić information content (AvgIpc) is 2.27. The summed E-state index contributed by atoms with van der Waals surface area (Å²) in [5.41, 5.74) is 3.36. The van der Waals surface area contributed by atoms with Gasteiger partial charge >= 0.3 is 0 Å². The third-order valence-corrected chi connectivity index (χ3v) is 2.94. The molecule has 0 spiro atoms. The van der Waals surface area contributed by atoms with Gasteiger partial charge in [-0.15, -0.1) is 0 Å². The Morgan fingerprint density at radius 3 is 2.72 bits per heavy atom. The Hall–Kier alpha value is -1.15. The van der Waals surface area contributed by atoms with Gasteiger partial charge in [-0.05, 0) is 68.1 Å². The van der Waals surface area contributed by atoms with Crippen molar-refractivity contribution in [1.29, 1.82) is 0 Å². The van der Waals surface area contributed by atoms with Crippen molar-refractivity contribution in [3.8, 4) is 0 Å². The molecule has 0 saturated carbocycles. The first-order chi connectivity index (χ1) is 8.50. The van der Waals surface area contributed by atoms with Gasteiger partial charge in [-0.2, -0.15) is 0 Å². The van der Waals surface area contributed by atoms with Crippen LogP contribution in [0.5, 0.6) is 0 Å². The molecule has 0 aromatic heterocycles. The highest BCUT2D eigenvalue weighted by molar-refractivity contribution is 5.66. The first-order valence-corrected chi connectivity index (χ1v) is 6.64. The highest BCUT2D eigenvalue weighted by Gasteiger charge is 2.01. The minimum Gasteiger partial charge on any atom is -0.316 e. The summed E-state index contributed by atoms with van der Waals surface area (Å²) in [6.07, 6.45) is 3.23. The lowest BCUT2D eigenvalue weighted by atomic mass is 10.0. The molecular formula is C16H24FN. The van der Waals surface area contributed by atoms with Crippen LogP contribution < -0.4 is 5.32 Å². The van der Waals surface area contributed by atoms with Gasteiger partial charge in [-0.25, -0.2) is 4.39 Å². The molecule has 0 amide bonds. The number of halogens is 1. The van der Waals surface area contributed by atoms with E-state index >= 15 is 0 Å². The van der Waals surface area contributed by atoms with Crippen LogP contribution in [0, 0.1) is 18.7 Å². The van der Waals surface area contributed by atoms with E-state index < -0.39 is 0 Å². The summed E-state index contributed by atoms with van der Waals surface area (Å²) >= 11 is 0. The lowest BCUT2D eigenvalue weighted by molar-refractivity contribution is 0.557. The summed E-state index contributed by atoms with van der Waals surface area (Å²) in [6, 6.07) is 4.97. The Bertz CT molecular complexity index is 408. The highest BCUT2D eigenvalue weighted by atomic mass is 19.1. The van der Waals surface area contributed by atoms with E-state index in [1.54, 1.807) is 6.07 Å². The monoisotopic (exact) mass is 249 g/mol. The van der Waals surface area contributed by atoms with Gasteiger partial charge in [0.25, 0.3) is 0 Å². The zero-order valence-corrected chi connectivity index (χ0v) is 11.9. The number of hydrogen-bond donors (Lipinski definition) is 1. The van der Waals surface area contributed by atoms with Crippen LogP contribution in [0.2, 0.25) is 0 Å². The van der Waals surface area contributed by atoms with Crippen molar-refractivity contribution in [3.05, 3.63) is 41.2 Å². The number of rotatable bonds is 6. The Labute approximate surface area is 110 Å². The summed E-state index contributed by atoms with van der Waals surface area (Å²) in [7, 11) is 0. The first kappa shape index (κ1) is 14.9. The van der Waals surface area contributed by atoms with Gasteiger partial charge < -0.3 is 5.32 Å². The Kier molecular flexibility index (Phi) is 6.06. The molecule has 0 unspecified atom stereocenters. The van der Waals surface area contributed by atoms with Crippen molar-refractivity contribution in [2.75, 3.05) is 13.1 Å². The second kappa shape index (κ2) is 7.32. The molecule has 0 aliphatic heterocycles. The molecule has 0 radical (unpaired) electrons. The van der Waals surface area contributed by atoms with E-state index in [-0.39, 0.29) is 5.82 Å². The molecule has 0 heterocycles. The molecule has 0 aliphatic carbocycles. The summed E-state index contributed by atoms with van der Waals surface area (Å²) in [5, 5.41) is 3.41. The fraction of sp³-hybridized carbons (Fsp3) is 0.500. The van der Waals surface area contributed by atoms with Gasteiger partial charge in [0.15, 0.2) is 0 Å². The maximum atomic E-state index is 13.0. The summed E-state index contributed by atoms with van der Waals surface area (Å²) in [5.74, 6) is 0.525. The minimum absolute atomic E-state index is 0.164. The molecule has 18 heavy (non-hydrogen) atoms. The third-order valence-electron chi connectivity index (χ3n) is 2.94. The van der Waals surface area contributed by atoms with Crippen molar-refractivity contribution < 1.29 is 4.39 Å². The molecule has 1 nitrogen and oxygen atoms in total. The number of benzene rings is 1. The molecular weight excluding hydrogens is 225 g/mol. The number of nitrogens with one attached hydrogen (secondary N) is 1. The van der Waals surface area contributed by atoms with Gasteiger partial charge in [-0.1, -0.05) is 26.0 Å². The van der Waals surface area contributed by atoms with E-state index in [0.717, 1.165) is 30.6 Å². The van der Waals surface area contributed by atoms with Crippen LogP contribution in [0.3, 0.4) is 0 Å². The maximum Gasteiger partial charge on any atom is 0.123 e. The third kappa shape index (κ3) is 5.01. The SMILES string of the molecule is CC(=CCCNCC(C)C)c1ccc(F)cc1C. The summed E-state index contributed by atoms with van der Waals surface area (Å²) in [4.78, 5) is 0. The largest absolute Gasteiger partial charge is 0.316 e. The number of aryl methyl sites for hydroxylation is 1. The van der Waals surface area contributed by atoms with E-state index in [4.69, 9.17) is 0 Å². The second-order valence-corrected chi connectivity index (χ2v) is 5.23. The van der Waals surface area contributed by atoms with E-state index in [0.29, 0.717) is 5.92 Å². The molecule has 1 N–H and O–H groups in total. The maximum absolute atomic E-state index is 13.0. The van der Waals surface area contributed by atoms with Crippen LogP contribution in [0.1, 0.15) is 38.3 Å². The van der Waals surface area contributed by atoms with Crippen LogP contribution in [-0.4, -0.2) is 13.1 Å². The molecule has 0 bridgehead atoms. The quantitative estimate of drug-likeness (QED) is 0.746. The van der Waals surface area contributed by atoms with Crippen LogP contribution in [0.4, 0.5) is 4.39 Å². The molecule has 0 aliphatic rings. The fourth-order valence-electron chi connectivity index (χ4n) is 1.96. The van der Waals surface area contributed by atoms with Crippen molar-refractivity contribution in [2.24, 2.45) is 5.92 Å². The van der Waals surface area contributed by atoms with E-state index in [1.165, 1.54) is 11.6 Å². The van der Waals surface area contributed by atoms with E-state index in [9.17, 15) is 4.39 Å². The van der Waals surface area contributed by atoms with E-state index in [2.05, 4.69) is 32.2 Å². The predicted molar refractivity (Wildman–Crippen MR) is 77.1 cm³/mol. The summed E-state index contributed by atoms with van der Waals surface area (Å²) in [6.45, 7) is 10.5. The Balaban J connectivity index is 2.50. The van der Waals surface area contributed by atoms with Crippen LogP contribution >= 0.6 is 0 Å². The molecule has 1 aromatic rings. The molecule has 0 fully saturated rings. The number of hydrogen-bond acceptors (Lipinski definition) is 1. The first-order valence-electron chi connectivity index (χ1n) is 6.64. The zero-order valence-electron chi connectivity index (χ0n) is 11.9. The van der Waals surface area contributed by atoms with Crippen molar-refractivity contribution in [3.63, 3.8) is 0 Å². The normalized spacial score (nSPS) is 12.2. The van der Waals surface area contributed by atoms with E-state index in [1.807, 2.05) is 13.0 Å². The lowest BCUT2D eigenvalue weighted by Gasteiger charge is -2.08. The minimum atomic E-state index is -0.164. The van der Waals surface area contributed by atoms with Gasteiger partial charge in [0.1, 0.15) is 5.82 Å². The average molecular weight is 249 g/mol. The van der Waals surface area contributed by atoms with Crippen LogP contribution in [0.15, 0.2) is 24.3 Å².